The predicted molar refractivity (Wildman–Crippen MR) is 84.9 cm³/mol. The van der Waals surface area contributed by atoms with Crippen LogP contribution in [0.2, 0.25) is 0 Å². The van der Waals surface area contributed by atoms with Gasteiger partial charge in [0, 0.05) is 32.4 Å². The van der Waals surface area contributed by atoms with Gasteiger partial charge in [-0.15, -0.1) is 0 Å². The Labute approximate surface area is 132 Å². The average molecular weight is 303 g/mol. The molecule has 1 amide bonds. The van der Waals surface area contributed by atoms with E-state index in [1.807, 2.05) is 24.0 Å². The predicted octanol–water partition coefficient (Wildman–Crippen LogP) is 1.72. The molecule has 2 saturated heterocycles. The first-order valence-electron chi connectivity index (χ1n) is 8.16. The van der Waals surface area contributed by atoms with Crippen molar-refractivity contribution in [3.8, 4) is 0 Å². The largest absolute Gasteiger partial charge is 0.380 e. The van der Waals surface area contributed by atoms with Gasteiger partial charge in [-0.3, -0.25) is 9.78 Å². The summed E-state index contributed by atoms with van der Waals surface area (Å²) in [4.78, 5) is 21.6. The van der Waals surface area contributed by atoms with Crippen LogP contribution in [0.1, 0.15) is 35.3 Å². The number of hydrogen-bond acceptors (Lipinski definition) is 4. The molecule has 0 aliphatic carbocycles. The Morgan fingerprint density at radius 3 is 2.86 bits per heavy atom. The minimum absolute atomic E-state index is 0.0434. The molecule has 120 valence electrons. The Bertz CT molecular complexity index is 528. The van der Waals surface area contributed by atoms with Crippen molar-refractivity contribution in [2.45, 2.75) is 38.3 Å². The summed E-state index contributed by atoms with van der Waals surface area (Å²) < 4.78 is 5.52. The third-order valence-corrected chi connectivity index (χ3v) is 4.85. The number of aryl methyl sites for hydroxylation is 1. The highest BCUT2D eigenvalue weighted by atomic mass is 16.5. The van der Waals surface area contributed by atoms with Crippen molar-refractivity contribution in [3.63, 3.8) is 0 Å². The molecule has 5 nitrogen and oxygen atoms in total. The van der Waals surface area contributed by atoms with Gasteiger partial charge in [-0.25, -0.2) is 0 Å². The fourth-order valence-corrected chi connectivity index (χ4v) is 3.58. The molecule has 0 N–H and O–H groups in total. The first-order valence-corrected chi connectivity index (χ1v) is 8.16. The molecule has 2 fully saturated rings. The first-order chi connectivity index (χ1) is 10.7. The number of methoxy groups -OCH3 is 1. The Morgan fingerprint density at radius 1 is 1.41 bits per heavy atom. The van der Waals surface area contributed by atoms with Crippen molar-refractivity contribution in [2.24, 2.45) is 0 Å². The second-order valence-corrected chi connectivity index (χ2v) is 6.38. The van der Waals surface area contributed by atoms with E-state index in [0.717, 1.165) is 31.6 Å². The van der Waals surface area contributed by atoms with Gasteiger partial charge in [-0.1, -0.05) is 6.07 Å². The third-order valence-electron chi connectivity index (χ3n) is 4.85. The maximum Gasteiger partial charge on any atom is 0.273 e. The second kappa shape index (κ2) is 6.75. The van der Waals surface area contributed by atoms with Crippen LogP contribution < -0.4 is 0 Å². The highest BCUT2D eigenvalue weighted by Gasteiger charge is 2.37. The molecule has 1 aromatic heterocycles. The quantitative estimate of drug-likeness (QED) is 0.849. The summed E-state index contributed by atoms with van der Waals surface area (Å²) in [5.41, 5.74) is 1.51. The minimum atomic E-state index is 0.0434. The number of amides is 1. The number of ether oxygens (including phenoxy) is 1. The van der Waals surface area contributed by atoms with Gasteiger partial charge in [0.1, 0.15) is 5.69 Å². The third kappa shape index (κ3) is 3.15. The smallest absolute Gasteiger partial charge is 0.273 e. The highest BCUT2D eigenvalue weighted by molar-refractivity contribution is 5.94. The Balaban J connectivity index is 1.76. The van der Waals surface area contributed by atoms with E-state index in [4.69, 9.17) is 4.74 Å². The summed E-state index contributed by atoms with van der Waals surface area (Å²) >= 11 is 0. The zero-order valence-corrected chi connectivity index (χ0v) is 13.5. The van der Waals surface area contributed by atoms with Crippen molar-refractivity contribution in [1.82, 2.24) is 14.8 Å². The van der Waals surface area contributed by atoms with Gasteiger partial charge >= 0.3 is 0 Å². The van der Waals surface area contributed by atoms with Crippen LogP contribution in [0.3, 0.4) is 0 Å². The van der Waals surface area contributed by atoms with Crippen LogP contribution >= 0.6 is 0 Å². The number of likely N-dealkylation sites (tertiary alicyclic amines) is 2. The van der Waals surface area contributed by atoms with Crippen molar-refractivity contribution in [2.75, 3.05) is 33.3 Å². The van der Waals surface area contributed by atoms with Crippen LogP contribution in [0.5, 0.6) is 0 Å². The molecule has 0 radical (unpaired) electrons. The fourth-order valence-electron chi connectivity index (χ4n) is 3.58. The number of hydrogen-bond donors (Lipinski definition) is 0. The van der Waals surface area contributed by atoms with Gasteiger partial charge in [0.15, 0.2) is 0 Å². The van der Waals surface area contributed by atoms with Gasteiger partial charge in [-0.05, 0) is 50.9 Å². The Kier molecular flexibility index (Phi) is 4.74. The normalized spacial score (nSPS) is 25.8. The molecule has 5 heteroatoms. The summed E-state index contributed by atoms with van der Waals surface area (Å²) in [7, 11) is 1.73. The number of pyridine rings is 1. The summed E-state index contributed by atoms with van der Waals surface area (Å²) in [6, 6.07) is 4.05. The molecule has 0 aromatic carbocycles. The molecule has 0 unspecified atom stereocenters. The summed E-state index contributed by atoms with van der Waals surface area (Å²) in [5, 5.41) is 0. The standard InChI is InChI=1S/C17H25N3O2/c1-13-6-5-7-18-16(13)17(21)20-12-15(22-2)10-14(20)11-19-8-3-4-9-19/h5-7,14-15H,3-4,8-12H2,1-2H3/t14-,15-/m0/s1. The monoisotopic (exact) mass is 303 g/mol. The number of carbonyl (C=O) groups excluding carboxylic acids is 1. The zero-order chi connectivity index (χ0) is 15.5. The lowest BCUT2D eigenvalue weighted by Gasteiger charge is -2.28. The molecule has 22 heavy (non-hydrogen) atoms. The lowest BCUT2D eigenvalue weighted by molar-refractivity contribution is 0.0663. The van der Waals surface area contributed by atoms with Crippen molar-refractivity contribution in [1.29, 1.82) is 0 Å². The number of nitrogens with zero attached hydrogens (tertiary/aromatic N) is 3. The van der Waals surface area contributed by atoms with Crippen LogP contribution in [0.4, 0.5) is 0 Å². The molecular weight excluding hydrogens is 278 g/mol. The first kappa shape index (κ1) is 15.4. The molecule has 2 aliphatic rings. The minimum Gasteiger partial charge on any atom is -0.380 e. The molecule has 3 rings (SSSR count). The van der Waals surface area contributed by atoms with E-state index in [0.29, 0.717) is 12.2 Å². The fraction of sp³-hybridized carbons (Fsp3) is 0.647. The maximum absolute atomic E-state index is 12.9. The summed E-state index contributed by atoms with van der Waals surface area (Å²) in [5.74, 6) is 0.0434. The van der Waals surface area contributed by atoms with E-state index >= 15 is 0 Å². The molecule has 1 aromatic rings. The molecule has 0 saturated carbocycles. The van der Waals surface area contributed by atoms with Crippen LogP contribution in [0.25, 0.3) is 0 Å². The Hall–Kier alpha value is -1.46. The number of aromatic nitrogens is 1. The van der Waals surface area contributed by atoms with E-state index < -0.39 is 0 Å². The zero-order valence-electron chi connectivity index (χ0n) is 13.5. The van der Waals surface area contributed by atoms with Crippen molar-refractivity contribution >= 4 is 5.91 Å². The van der Waals surface area contributed by atoms with Crippen LogP contribution in [0.15, 0.2) is 18.3 Å². The molecule has 0 spiro atoms. The highest BCUT2D eigenvalue weighted by Crippen LogP contribution is 2.24. The van der Waals surface area contributed by atoms with Gasteiger partial charge < -0.3 is 14.5 Å². The van der Waals surface area contributed by atoms with E-state index in [1.165, 1.54) is 12.8 Å². The van der Waals surface area contributed by atoms with Gasteiger partial charge in [0.2, 0.25) is 0 Å². The van der Waals surface area contributed by atoms with Gasteiger partial charge in [-0.2, -0.15) is 0 Å². The van der Waals surface area contributed by atoms with Gasteiger partial charge in [0.05, 0.1) is 6.10 Å². The lowest BCUT2D eigenvalue weighted by atomic mass is 10.1. The maximum atomic E-state index is 12.9. The number of rotatable bonds is 4. The lowest BCUT2D eigenvalue weighted by Crippen LogP contribution is -2.43. The molecule has 3 heterocycles. The topological polar surface area (TPSA) is 45.7 Å². The molecular formula is C17H25N3O2. The Morgan fingerprint density at radius 2 is 2.18 bits per heavy atom. The summed E-state index contributed by atoms with van der Waals surface area (Å²) in [6.45, 7) is 5.87. The van der Waals surface area contributed by atoms with Crippen LogP contribution in [-0.4, -0.2) is 66.1 Å². The average Bonchev–Trinajstić information content (AvgIpc) is 3.17. The van der Waals surface area contributed by atoms with E-state index in [-0.39, 0.29) is 18.1 Å². The van der Waals surface area contributed by atoms with E-state index in [9.17, 15) is 4.79 Å². The van der Waals surface area contributed by atoms with Crippen LogP contribution in [-0.2, 0) is 4.74 Å². The molecule has 0 bridgehead atoms. The van der Waals surface area contributed by atoms with E-state index in [2.05, 4.69) is 9.88 Å². The number of carbonyl (C=O) groups is 1. The molecule has 2 aliphatic heterocycles. The summed E-state index contributed by atoms with van der Waals surface area (Å²) in [6.07, 6.45) is 5.30. The second-order valence-electron chi connectivity index (χ2n) is 6.38. The van der Waals surface area contributed by atoms with Crippen molar-refractivity contribution < 1.29 is 9.53 Å². The van der Waals surface area contributed by atoms with Crippen LogP contribution in [0, 0.1) is 6.92 Å². The molecule has 2 atom stereocenters. The SMILES string of the molecule is CO[C@H]1C[C@@H](CN2CCCC2)N(C(=O)c2ncccc2C)C1. The van der Waals surface area contributed by atoms with Crippen molar-refractivity contribution in [3.05, 3.63) is 29.6 Å². The van der Waals surface area contributed by atoms with E-state index in [1.54, 1.807) is 13.3 Å². The van der Waals surface area contributed by atoms with Gasteiger partial charge in [0.25, 0.3) is 5.91 Å².